The van der Waals surface area contributed by atoms with Gasteiger partial charge in [0.25, 0.3) is 6.43 Å². The van der Waals surface area contributed by atoms with E-state index < -0.39 is 12.4 Å². The van der Waals surface area contributed by atoms with Crippen LogP contribution in [-0.2, 0) is 10.6 Å². The highest BCUT2D eigenvalue weighted by Crippen LogP contribution is 2.26. The van der Waals surface area contributed by atoms with Crippen LogP contribution in [0.4, 0.5) is 8.78 Å². The zero-order chi connectivity index (χ0) is 12.1. The van der Waals surface area contributed by atoms with Gasteiger partial charge in [0.1, 0.15) is 0 Å². The van der Waals surface area contributed by atoms with Gasteiger partial charge in [-0.05, 0) is 12.5 Å². The molecule has 0 spiro atoms. The van der Waals surface area contributed by atoms with Gasteiger partial charge in [-0.1, -0.05) is 0 Å². The first-order valence-electron chi connectivity index (χ1n) is 4.59. The summed E-state index contributed by atoms with van der Waals surface area (Å²) in [4.78, 5) is 15.0. The van der Waals surface area contributed by atoms with Crippen molar-refractivity contribution >= 4 is 17.6 Å². The van der Waals surface area contributed by atoms with E-state index in [9.17, 15) is 13.6 Å². The number of ether oxygens (including phenoxy) is 1. The van der Waals surface area contributed by atoms with E-state index in [2.05, 4.69) is 4.98 Å². The minimum atomic E-state index is -2.71. The monoisotopic (exact) mass is 249 g/mol. The first-order chi connectivity index (χ1) is 7.61. The number of carbonyl (C=O) groups is 1. The van der Waals surface area contributed by atoms with Crippen molar-refractivity contribution in [3.8, 4) is 0 Å². The number of aromatic nitrogens is 1. The van der Waals surface area contributed by atoms with Crippen LogP contribution >= 0.6 is 11.6 Å². The van der Waals surface area contributed by atoms with Crippen LogP contribution < -0.4 is 0 Å². The average Bonchev–Trinajstić information content (AvgIpc) is 2.28. The molecule has 0 aliphatic carbocycles. The zero-order valence-electron chi connectivity index (χ0n) is 8.54. The van der Waals surface area contributed by atoms with Crippen LogP contribution in [0.1, 0.15) is 34.8 Å². The van der Waals surface area contributed by atoms with Crippen LogP contribution in [0.5, 0.6) is 0 Å². The first kappa shape index (κ1) is 12.8. The molecular formula is C10H10ClF2NO2. The summed E-state index contributed by atoms with van der Waals surface area (Å²) in [6.45, 7) is 1.79. The lowest BCUT2D eigenvalue weighted by atomic mass is 10.1. The van der Waals surface area contributed by atoms with Crippen molar-refractivity contribution in [2.45, 2.75) is 19.2 Å². The Labute approximate surface area is 96.4 Å². The second-order valence-electron chi connectivity index (χ2n) is 2.91. The standard InChI is InChI=1S/C10H10ClF2NO2/c1-2-16-10(15)8-5-14-4-7(9(12)13)6(8)3-11/h4-5,9H,2-3H2,1H3. The minimum absolute atomic E-state index is 0.00495. The third-order valence-electron chi connectivity index (χ3n) is 1.95. The molecule has 16 heavy (non-hydrogen) atoms. The number of halogens is 3. The topological polar surface area (TPSA) is 39.2 Å². The van der Waals surface area contributed by atoms with E-state index in [0.29, 0.717) is 0 Å². The van der Waals surface area contributed by atoms with Gasteiger partial charge < -0.3 is 4.74 Å². The van der Waals surface area contributed by atoms with Crippen molar-refractivity contribution in [1.29, 1.82) is 0 Å². The number of carbonyl (C=O) groups excluding carboxylic acids is 1. The molecule has 0 aromatic carbocycles. The van der Waals surface area contributed by atoms with Gasteiger partial charge in [0.05, 0.1) is 12.2 Å². The Morgan fingerprint density at radius 3 is 2.75 bits per heavy atom. The maximum absolute atomic E-state index is 12.6. The number of alkyl halides is 3. The third-order valence-corrected chi connectivity index (χ3v) is 2.22. The molecule has 3 nitrogen and oxygen atoms in total. The lowest BCUT2D eigenvalue weighted by Crippen LogP contribution is -2.10. The molecule has 0 bridgehead atoms. The molecule has 1 aromatic heterocycles. The van der Waals surface area contributed by atoms with Gasteiger partial charge in [-0.2, -0.15) is 0 Å². The molecule has 1 aromatic rings. The maximum Gasteiger partial charge on any atom is 0.340 e. The predicted octanol–water partition coefficient (Wildman–Crippen LogP) is 2.93. The average molecular weight is 250 g/mol. The molecule has 0 unspecified atom stereocenters. The summed E-state index contributed by atoms with van der Waals surface area (Å²) in [7, 11) is 0. The Morgan fingerprint density at radius 1 is 1.56 bits per heavy atom. The van der Waals surface area contributed by atoms with E-state index in [1.807, 2.05) is 0 Å². The Kier molecular flexibility index (Phi) is 4.61. The number of rotatable bonds is 4. The summed E-state index contributed by atoms with van der Waals surface area (Å²) < 4.78 is 29.9. The van der Waals surface area contributed by atoms with Crippen molar-refractivity contribution in [2.75, 3.05) is 6.61 Å². The first-order valence-corrected chi connectivity index (χ1v) is 5.13. The van der Waals surface area contributed by atoms with Crippen molar-refractivity contribution in [3.05, 3.63) is 29.1 Å². The van der Waals surface area contributed by atoms with E-state index in [-0.39, 0.29) is 29.2 Å². The number of esters is 1. The van der Waals surface area contributed by atoms with E-state index in [1.54, 1.807) is 6.92 Å². The van der Waals surface area contributed by atoms with Gasteiger partial charge >= 0.3 is 5.97 Å². The number of pyridine rings is 1. The molecule has 0 aliphatic rings. The number of hydrogen-bond donors (Lipinski definition) is 0. The van der Waals surface area contributed by atoms with Gasteiger partial charge in [-0.15, -0.1) is 11.6 Å². The quantitative estimate of drug-likeness (QED) is 0.608. The molecule has 6 heteroatoms. The van der Waals surface area contributed by atoms with Crippen molar-refractivity contribution < 1.29 is 18.3 Å². The summed E-state index contributed by atoms with van der Waals surface area (Å²) in [5.74, 6) is -0.871. The fraction of sp³-hybridized carbons (Fsp3) is 0.400. The van der Waals surface area contributed by atoms with E-state index >= 15 is 0 Å². The van der Waals surface area contributed by atoms with Gasteiger partial charge in [0.15, 0.2) is 0 Å². The van der Waals surface area contributed by atoms with Crippen molar-refractivity contribution in [3.63, 3.8) is 0 Å². The fourth-order valence-corrected chi connectivity index (χ4v) is 1.52. The fourth-order valence-electron chi connectivity index (χ4n) is 1.23. The lowest BCUT2D eigenvalue weighted by Gasteiger charge is -2.10. The smallest absolute Gasteiger partial charge is 0.340 e. The molecule has 1 heterocycles. The Balaban J connectivity index is 3.18. The molecule has 0 N–H and O–H groups in total. The van der Waals surface area contributed by atoms with Crippen LogP contribution in [-0.4, -0.2) is 17.6 Å². The zero-order valence-corrected chi connectivity index (χ0v) is 9.30. The van der Waals surface area contributed by atoms with Crippen LogP contribution in [0, 0.1) is 0 Å². The summed E-state index contributed by atoms with van der Waals surface area (Å²) >= 11 is 5.56. The summed E-state index contributed by atoms with van der Waals surface area (Å²) in [5.41, 5.74) is -0.264. The van der Waals surface area contributed by atoms with Crippen LogP contribution in [0.15, 0.2) is 12.4 Å². The molecule has 0 saturated heterocycles. The predicted molar refractivity (Wildman–Crippen MR) is 54.7 cm³/mol. The molecule has 0 fully saturated rings. The normalized spacial score (nSPS) is 10.6. The Hall–Kier alpha value is -1.23. The van der Waals surface area contributed by atoms with Crippen LogP contribution in [0.25, 0.3) is 0 Å². The van der Waals surface area contributed by atoms with Gasteiger partial charge in [0.2, 0.25) is 0 Å². The second-order valence-corrected chi connectivity index (χ2v) is 3.18. The molecule has 0 aliphatic heterocycles. The lowest BCUT2D eigenvalue weighted by molar-refractivity contribution is 0.0524. The highest BCUT2D eigenvalue weighted by molar-refractivity contribution is 6.17. The number of hydrogen-bond acceptors (Lipinski definition) is 3. The molecule has 88 valence electrons. The second kappa shape index (κ2) is 5.75. The van der Waals surface area contributed by atoms with Crippen molar-refractivity contribution in [2.24, 2.45) is 0 Å². The Morgan fingerprint density at radius 2 is 2.25 bits per heavy atom. The molecular weight excluding hydrogens is 240 g/mol. The van der Waals surface area contributed by atoms with Gasteiger partial charge in [-0.3, -0.25) is 4.98 Å². The SMILES string of the molecule is CCOC(=O)c1cncc(C(F)F)c1CCl. The Bertz CT molecular complexity index is 385. The molecule has 0 saturated carbocycles. The van der Waals surface area contributed by atoms with E-state index in [4.69, 9.17) is 16.3 Å². The number of nitrogens with zero attached hydrogens (tertiary/aromatic N) is 1. The van der Waals surface area contributed by atoms with E-state index in [0.717, 1.165) is 6.20 Å². The van der Waals surface area contributed by atoms with Crippen molar-refractivity contribution in [1.82, 2.24) is 4.98 Å². The largest absolute Gasteiger partial charge is 0.462 e. The van der Waals surface area contributed by atoms with Gasteiger partial charge in [-0.25, -0.2) is 13.6 Å². The highest BCUT2D eigenvalue weighted by atomic mass is 35.5. The highest BCUT2D eigenvalue weighted by Gasteiger charge is 2.20. The van der Waals surface area contributed by atoms with Crippen LogP contribution in [0.2, 0.25) is 0 Å². The van der Waals surface area contributed by atoms with Crippen LogP contribution in [0.3, 0.4) is 0 Å². The summed E-state index contributed by atoms with van der Waals surface area (Å²) in [6, 6.07) is 0. The maximum atomic E-state index is 12.6. The molecule has 1 rings (SSSR count). The third kappa shape index (κ3) is 2.66. The molecule has 0 amide bonds. The molecule has 0 atom stereocenters. The summed E-state index contributed by atoms with van der Waals surface area (Å²) in [5, 5.41) is 0. The minimum Gasteiger partial charge on any atom is -0.462 e. The van der Waals surface area contributed by atoms with Gasteiger partial charge in [0, 0.05) is 23.8 Å². The summed E-state index contributed by atoms with van der Waals surface area (Å²) in [6.07, 6.45) is -0.525. The molecule has 0 radical (unpaired) electrons. The van der Waals surface area contributed by atoms with E-state index in [1.165, 1.54) is 6.20 Å².